The van der Waals surface area contributed by atoms with Crippen molar-refractivity contribution in [3.05, 3.63) is 88.7 Å². The summed E-state index contributed by atoms with van der Waals surface area (Å²) in [5.41, 5.74) is 1.80. The van der Waals surface area contributed by atoms with Gasteiger partial charge in [-0.3, -0.25) is 9.59 Å². The van der Waals surface area contributed by atoms with Gasteiger partial charge >= 0.3 is 0 Å². The van der Waals surface area contributed by atoms with Crippen LogP contribution in [0.25, 0.3) is 10.9 Å². The zero-order valence-corrected chi connectivity index (χ0v) is 16.4. The Bertz CT molecular complexity index is 1160. The van der Waals surface area contributed by atoms with Gasteiger partial charge in [-0.05, 0) is 42.0 Å². The van der Waals surface area contributed by atoms with Gasteiger partial charge in [0.05, 0.1) is 17.7 Å². The highest BCUT2D eigenvalue weighted by molar-refractivity contribution is 5.92. The molecule has 0 radical (unpaired) electrons. The van der Waals surface area contributed by atoms with Crippen molar-refractivity contribution >= 4 is 22.5 Å². The van der Waals surface area contributed by atoms with Crippen molar-refractivity contribution in [2.24, 2.45) is 0 Å². The Labute approximate surface area is 172 Å². The van der Waals surface area contributed by atoms with E-state index in [1.165, 1.54) is 36.4 Å². The normalized spacial score (nSPS) is 14.2. The second-order valence-electron chi connectivity index (χ2n) is 7.26. The lowest BCUT2D eigenvalue weighted by atomic mass is 10.1. The van der Waals surface area contributed by atoms with Crippen molar-refractivity contribution in [1.29, 1.82) is 0 Å². The van der Waals surface area contributed by atoms with Crippen LogP contribution in [0.3, 0.4) is 0 Å². The first-order chi connectivity index (χ1) is 14.5. The maximum atomic E-state index is 14.1. The molecular weight excluding hydrogens is 388 g/mol. The number of carbonyl (C=O) groups is 1. The molecular formula is C23H21F2N3O2. The summed E-state index contributed by atoms with van der Waals surface area (Å²) in [7, 11) is 0. The number of halogens is 2. The van der Waals surface area contributed by atoms with Crippen molar-refractivity contribution in [2.75, 3.05) is 31.1 Å². The fraction of sp³-hybridized carbons (Fsp3) is 0.217. The van der Waals surface area contributed by atoms with Gasteiger partial charge in [0, 0.05) is 37.6 Å². The Hall–Kier alpha value is -3.48. The van der Waals surface area contributed by atoms with Crippen LogP contribution < -0.4 is 10.5 Å². The van der Waals surface area contributed by atoms with Gasteiger partial charge < -0.3 is 14.4 Å². The van der Waals surface area contributed by atoms with Crippen LogP contribution in [0.5, 0.6) is 0 Å². The maximum Gasteiger partial charge on any atom is 0.253 e. The summed E-state index contributed by atoms with van der Waals surface area (Å²) in [5, 5.41) is 0.625. The Morgan fingerprint density at radius 2 is 1.63 bits per heavy atom. The van der Waals surface area contributed by atoms with Gasteiger partial charge in [-0.15, -0.1) is 0 Å². The SMILES string of the molecule is C=CC(=O)N1CCN(c2cc(=O)n(Cc3ccc(F)cc3)c3ccc(F)cc23)CC1. The Morgan fingerprint density at radius 1 is 0.967 bits per heavy atom. The molecule has 2 heterocycles. The molecule has 1 saturated heterocycles. The third kappa shape index (κ3) is 3.83. The smallest absolute Gasteiger partial charge is 0.253 e. The fourth-order valence-electron chi connectivity index (χ4n) is 3.83. The third-order valence-electron chi connectivity index (χ3n) is 5.41. The average molecular weight is 409 g/mol. The molecule has 1 aliphatic rings. The standard InChI is InChI=1S/C23H21F2N3O2/c1-2-22(29)27-11-9-26(10-12-27)21-14-23(30)28(15-16-3-5-17(24)6-4-16)20-8-7-18(25)13-19(20)21/h2-8,13-14H,1,9-12,15H2. The van der Waals surface area contributed by atoms with Gasteiger partial charge in [-0.25, -0.2) is 8.78 Å². The van der Waals surface area contributed by atoms with Crippen molar-refractivity contribution in [3.8, 4) is 0 Å². The molecule has 0 saturated carbocycles. The van der Waals surface area contributed by atoms with Gasteiger partial charge in [0.1, 0.15) is 11.6 Å². The first-order valence-electron chi connectivity index (χ1n) is 9.70. The maximum absolute atomic E-state index is 14.1. The molecule has 0 unspecified atom stereocenters. The summed E-state index contributed by atoms with van der Waals surface area (Å²) in [6.45, 7) is 5.84. The predicted molar refractivity (Wildman–Crippen MR) is 113 cm³/mol. The summed E-state index contributed by atoms with van der Waals surface area (Å²) in [5.74, 6) is -0.862. The van der Waals surface area contributed by atoms with Crippen molar-refractivity contribution in [2.45, 2.75) is 6.54 Å². The number of carbonyl (C=O) groups excluding carboxylic acids is 1. The number of hydrogen-bond acceptors (Lipinski definition) is 3. The van der Waals surface area contributed by atoms with Crippen molar-refractivity contribution < 1.29 is 13.6 Å². The van der Waals surface area contributed by atoms with Crippen LogP contribution in [0.4, 0.5) is 14.5 Å². The van der Waals surface area contributed by atoms with Gasteiger partial charge in [-0.2, -0.15) is 0 Å². The van der Waals surface area contributed by atoms with E-state index in [9.17, 15) is 18.4 Å². The predicted octanol–water partition coefficient (Wildman–Crippen LogP) is 3.16. The number of nitrogens with zero attached hydrogens (tertiary/aromatic N) is 3. The Kier molecular flexibility index (Phi) is 5.35. The molecule has 3 aromatic rings. The lowest BCUT2D eigenvalue weighted by molar-refractivity contribution is -0.126. The zero-order chi connectivity index (χ0) is 21.3. The highest BCUT2D eigenvalue weighted by Gasteiger charge is 2.22. The second kappa shape index (κ2) is 8.10. The molecule has 0 spiro atoms. The summed E-state index contributed by atoms with van der Waals surface area (Å²) < 4.78 is 28.9. The lowest BCUT2D eigenvalue weighted by Crippen LogP contribution is -2.48. The van der Waals surface area contributed by atoms with E-state index in [1.807, 2.05) is 4.90 Å². The average Bonchev–Trinajstić information content (AvgIpc) is 2.76. The molecule has 1 aromatic heterocycles. The minimum Gasteiger partial charge on any atom is -0.367 e. The zero-order valence-electron chi connectivity index (χ0n) is 16.4. The number of anilines is 1. The number of aromatic nitrogens is 1. The third-order valence-corrected chi connectivity index (χ3v) is 5.41. The van der Waals surface area contributed by atoms with E-state index in [0.717, 1.165) is 5.56 Å². The molecule has 0 aliphatic carbocycles. The topological polar surface area (TPSA) is 45.6 Å². The molecule has 30 heavy (non-hydrogen) atoms. The molecule has 1 amide bonds. The Balaban J connectivity index is 1.73. The molecule has 1 fully saturated rings. The van der Waals surface area contributed by atoms with E-state index >= 15 is 0 Å². The molecule has 2 aromatic carbocycles. The first kappa shape index (κ1) is 19.8. The highest BCUT2D eigenvalue weighted by atomic mass is 19.1. The number of amides is 1. The van der Waals surface area contributed by atoms with Crippen LogP contribution in [-0.4, -0.2) is 41.6 Å². The highest BCUT2D eigenvalue weighted by Crippen LogP contribution is 2.27. The summed E-state index contributed by atoms with van der Waals surface area (Å²) in [4.78, 5) is 28.5. The van der Waals surface area contributed by atoms with Crippen molar-refractivity contribution in [1.82, 2.24) is 9.47 Å². The van der Waals surface area contributed by atoms with Crippen LogP contribution in [-0.2, 0) is 11.3 Å². The number of benzene rings is 2. The lowest BCUT2D eigenvalue weighted by Gasteiger charge is -2.36. The van der Waals surface area contributed by atoms with E-state index in [2.05, 4.69) is 6.58 Å². The van der Waals surface area contributed by atoms with E-state index in [0.29, 0.717) is 42.8 Å². The van der Waals surface area contributed by atoms with E-state index in [4.69, 9.17) is 0 Å². The van der Waals surface area contributed by atoms with Crippen LogP contribution in [0, 0.1) is 11.6 Å². The number of piperazine rings is 1. The van der Waals surface area contributed by atoms with Gasteiger partial charge in [-0.1, -0.05) is 18.7 Å². The van der Waals surface area contributed by atoms with E-state index < -0.39 is 5.82 Å². The Morgan fingerprint density at radius 3 is 2.30 bits per heavy atom. The monoisotopic (exact) mass is 409 g/mol. The number of fused-ring (bicyclic) bond motifs is 1. The molecule has 154 valence electrons. The summed E-state index contributed by atoms with van der Waals surface area (Å²) >= 11 is 0. The minimum absolute atomic E-state index is 0.125. The number of rotatable bonds is 4. The van der Waals surface area contributed by atoms with Crippen LogP contribution in [0.2, 0.25) is 0 Å². The molecule has 1 aliphatic heterocycles. The molecule has 0 bridgehead atoms. The van der Waals surface area contributed by atoms with E-state index in [1.54, 1.807) is 27.7 Å². The van der Waals surface area contributed by atoms with Gasteiger partial charge in [0.2, 0.25) is 5.91 Å². The molecule has 0 atom stereocenters. The molecule has 7 heteroatoms. The van der Waals surface area contributed by atoms with Crippen LogP contribution in [0.15, 0.2) is 66.0 Å². The van der Waals surface area contributed by atoms with Crippen LogP contribution in [0.1, 0.15) is 5.56 Å². The second-order valence-corrected chi connectivity index (χ2v) is 7.26. The fourth-order valence-corrected chi connectivity index (χ4v) is 3.83. The summed E-state index contributed by atoms with van der Waals surface area (Å²) in [6.07, 6.45) is 1.29. The first-order valence-corrected chi connectivity index (χ1v) is 9.70. The summed E-state index contributed by atoms with van der Waals surface area (Å²) in [6, 6.07) is 11.8. The van der Waals surface area contributed by atoms with Gasteiger partial charge in [0.25, 0.3) is 5.56 Å². The van der Waals surface area contributed by atoms with E-state index in [-0.39, 0.29) is 23.8 Å². The quantitative estimate of drug-likeness (QED) is 0.622. The molecule has 0 N–H and O–H groups in total. The largest absolute Gasteiger partial charge is 0.367 e. The van der Waals surface area contributed by atoms with Crippen molar-refractivity contribution in [3.63, 3.8) is 0 Å². The van der Waals surface area contributed by atoms with Crippen LogP contribution >= 0.6 is 0 Å². The number of pyridine rings is 1. The molecule has 5 nitrogen and oxygen atoms in total. The minimum atomic E-state index is -0.392. The van der Waals surface area contributed by atoms with Gasteiger partial charge in [0.15, 0.2) is 0 Å². The molecule has 4 rings (SSSR count). The number of hydrogen-bond donors (Lipinski definition) is 0.